The second kappa shape index (κ2) is 11.7. The third kappa shape index (κ3) is 6.74. The van der Waals surface area contributed by atoms with E-state index >= 15 is 0 Å². The number of carbonyl (C=O) groups excluding carboxylic acids is 5. The average Bonchev–Trinajstić information content (AvgIpc) is 3.11. The fourth-order valence-electron chi connectivity index (χ4n) is 5.00. The van der Waals surface area contributed by atoms with Gasteiger partial charge in [0, 0.05) is 45.3 Å². The van der Waals surface area contributed by atoms with Crippen LogP contribution in [0, 0.1) is 0 Å². The number of amides is 5. The lowest BCUT2D eigenvalue weighted by molar-refractivity contribution is -0.136. The molecule has 0 radical (unpaired) electrons. The number of nitrogens with one attached hydrogen (secondary N) is 2. The van der Waals surface area contributed by atoms with Crippen LogP contribution < -0.4 is 10.6 Å². The Hall–Kier alpha value is -3.51. The smallest absolute Gasteiger partial charge is 0.410 e. The second-order valence-electron chi connectivity index (χ2n) is 11.1. The van der Waals surface area contributed by atoms with Gasteiger partial charge in [-0.15, -0.1) is 0 Å². The van der Waals surface area contributed by atoms with Crippen LogP contribution in [-0.4, -0.2) is 109 Å². The van der Waals surface area contributed by atoms with Gasteiger partial charge in [0.1, 0.15) is 11.6 Å². The van der Waals surface area contributed by atoms with Gasteiger partial charge in [0.2, 0.25) is 11.8 Å². The Kier molecular flexibility index (Phi) is 8.55. The van der Waals surface area contributed by atoms with Gasteiger partial charge in [-0.1, -0.05) is 6.07 Å². The maximum atomic E-state index is 13.2. The third-order valence-corrected chi connectivity index (χ3v) is 6.84. The number of hydrogen-bond acceptors (Lipinski definition) is 9. The SMILES string of the molecule is CN(C[C@H]1CN(CCCNc2cccc3c2C(=O)N(C2CCC(=O)NC2=O)C3=O)CCO1)C(=O)OC(C)(C)C. The van der Waals surface area contributed by atoms with Gasteiger partial charge < -0.3 is 19.7 Å². The standard InChI is InChI=1S/C27H37N5O7/c1-27(2,3)39-26(37)30(4)15-17-16-31(13-14-38-17)12-6-11-28-19-8-5-7-18-22(19)25(36)32(24(18)35)20-9-10-21(33)29-23(20)34/h5,7-8,17,20,28H,6,9-16H2,1-4H3,(H,29,33,34)/t17-,20?/m0/s1. The highest BCUT2D eigenvalue weighted by Gasteiger charge is 2.45. The quantitative estimate of drug-likeness (QED) is 0.369. The highest BCUT2D eigenvalue weighted by molar-refractivity contribution is 6.25. The van der Waals surface area contributed by atoms with Crippen molar-refractivity contribution >= 4 is 35.4 Å². The normalized spacial score (nSPS) is 22.0. The van der Waals surface area contributed by atoms with Gasteiger partial charge in [-0.25, -0.2) is 4.79 Å². The summed E-state index contributed by atoms with van der Waals surface area (Å²) in [7, 11) is 1.70. The molecular weight excluding hydrogens is 506 g/mol. The first-order valence-electron chi connectivity index (χ1n) is 13.3. The molecule has 1 aromatic rings. The lowest BCUT2D eigenvalue weighted by atomic mass is 10.0. The number of likely N-dealkylation sites (N-methyl/N-ethyl adjacent to an activating group) is 1. The summed E-state index contributed by atoms with van der Waals surface area (Å²) in [5.74, 6) is -2.09. The van der Waals surface area contributed by atoms with E-state index in [-0.39, 0.29) is 36.2 Å². The number of morpholine rings is 1. The first kappa shape index (κ1) is 28.5. The van der Waals surface area contributed by atoms with Crippen molar-refractivity contribution in [1.29, 1.82) is 0 Å². The van der Waals surface area contributed by atoms with Gasteiger partial charge in [-0.2, -0.15) is 0 Å². The molecule has 12 heteroatoms. The van der Waals surface area contributed by atoms with Crippen molar-refractivity contribution < 1.29 is 33.4 Å². The Bertz CT molecular complexity index is 1150. The zero-order valence-corrected chi connectivity index (χ0v) is 23.0. The number of ether oxygens (including phenoxy) is 2. The molecular formula is C27H37N5O7. The van der Waals surface area contributed by atoms with Crippen LogP contribution >= 0.6 is 0 Å². The summed E-state index contributed by atoms with van der Waals surface area (Å²) < 4.78 is 11.3. The van der Waals surface area contributed by atoms with Crippen molar-refractivity contribution in [2.75, 3.05) is 51.7 Å². The summed E-state index contributed by atoms with van der Waals surface area (Å²) in [5.41, 5.74) is 0.487. The summed E-state index contributed by atoms with van der Waals surface area (Å²) in [6, 6.07) is 4.03. The van der Waals surface area contributed by atoms with Crippen LogP contribution in [0.25, 0.3) is 0 Å². The van der Waals surface area contributed by atoms with E-state index in [4.69, 9.17) is 9.47 Å². The number of nitrogens with zero attached hydrogens (tertiary/aromatic N) is 3. The molecule has 0 aliphatic carbocycles. The minimum atomic E-state index is -0.994. The molecule has 12 nitrogen and oxygen atoms in total. The number of piperidine rings is 1. The van der Waals surface area contributed by atoms with Crippen molar-refractivity contribution in [1.82, 2.24) is 20.0 Å². The molecule has 212 valence electrons. The van der Waals surface area contributed by atoms with Crippen LogP contribution in [0.3, 0.4) is 0 Å². The van der Waals surface area contributed by atoms with E-state index in [9.17, 15) is 24.0 Å². The predicted molar refractivity (Wildman–Crippen MR) is 141 cm³/mol. The molecule has 39 heavy (non-hydrogen) atoms. The van der Waals surface area contributed by atoms with E-state index in [0.717, 1.165) is 24.4 Å². The number of hydrogen-bond donors (Lipinski definition) is 2. The molecule has 3 aliphatic rings. The Morgan fingerprint density at radius 1 is 1.21 bits per heavy atom. The number of rotatable bonds is 8. The van der Waals surface area contributed by atoms with E-state index in [1.807, 2.05) is 20.8 Å². The molecule has 2 atom stereocenters. The molecule has 3 heterocycles. The van der Waals surface area contributed by atoms with Crippen LogP contribution in [0.15, 0.2) is 18.2 Å². The Balaban J connectivity index is 1.28. The van der Waals surface area contributed by atoms with E-state index in [1.54, 1.807) is 25.2 Å². The van der Waals surface area contributed by atoms with E-state index in [2.05, 4.69) is 15.5 Å². The number of carbonyl (C=O) groups is 5. The average molecular weight is 544 g/mol. The maximum Gasteiger partial charge on any atom is 0.410 e. The molecule has 5 amide bonds. The highest BCUT2D eigenvalue weighted by atomic mass is 16.6. The lowest BCUT2D eigenvalue weighted by Crippen LogP contribution is -2.54. The fraction of sp³-hybridized carbons (Fsp3) is 0.593. The summed E-state index contributed by atoms with van der Waals surface area (Å²) in [6.07, 6.45) is 0.467. The molecule has 2 fully saturated rings. The minimum absolute atomic E-state index is 0.0780. The molecule has 1 aromatic carbocycles. The Labute approximate surface area is 227 Å². The molecule has 2 N–H and O–H groups in total. The van der Waals surface area contributed by atoms with E-state index in [0.29, 0.717) is 31.9 Å². The van der Waals surface area contributed by atoms with Crippen molar-refractivity contribution in [2.24, 2.45) is 0 Å². The molecule has 1 unspecified atom stereocenters. The number of fused-ring (bicyclic) bond motifs is 1. The van der Waals surface area contributed by atoms with Crippen LogP contribution in [0.4, 0.5) is 10.5 Å². The van der Waals surface area contributed by atoms with Gasteiger partial charge in [-0.05, 0) is 45.7 Å². The first-order valence-corrected chi connectivity index (χ1v) is 13.3. The van der Waals surface area contributed by atoms with Gasteiger partial charge in [0.25, 0.3) is 11.8 Å². The molecule has 2 saturated heterocycles. The zero-order valence-electron chi connectivity index (χ0n) is 23.0. The first-order chi connectivity index (χ1) is 18.4. The van der Waals surface area contributed by atoms with Crippen LogP contribution in [0.2, 0.25) is 0 Å². The van der Waals surface area contributed by atoms with Gasteiger partial charge in [-0.3, -0.25) is 34.3 Å². The number of imide groups is 2. The van der Waals surface area contributed by atoms with Crippen molar-refractivity contribution in [3.63, 3.8) is 0 Å². The molecule has 0 bridgehead atoms. The number of benzene rings is 1. The molecule has 4 rings (SSSR count). The monoisotopic (exact) mass is 543 g/mol. The largest absolute Gasteiger partial charge is 0.444 e. The van der Waals surface area contributed by atoms with Gasteiger partial charge in [0.05, 0.1) is 30.4 Å². The van der Waals surface area contributed by atoms with Crippen LogP contribution in [0.1, 0.15) is 60.7 Å². The van der Waals surface area contributed by atoms with Gasteiger partial charge >= 0.3 is 6.09 Å². The summed E-state index contributed by atoms with van der Waals surface area (Å²) >= 11 is 0. The summed E-state index contributed by atoms with van der Waals surface area (Å²) in [6.45, 7) is 9.30. The molecule has 0 saturated carbocycles. The Morgan fingerprint density at radius 3 is 2.69 bits per heavy atom. The van der Waals surface area contributed by atoms with Gasteiger partial charge in [0.15, 0.2) is 0 Å². The zero-order chi connectivity index (χ0) is 28.3. The highest BCUT2D eigenvalue weighted by Crippen LogP contribution is 2.32. The topological polar surface area (TPSA) is 138 Å². The number of anilines is 1. The van der Waals surface area contributed by atoms with Crippen LogP contribution in [-0.2, 0) is 19.1 Å². The third-order valence-electron chi connectivity index (χ3n) is 6.84. The molecule has 0 spiro atoms. The Morgan fingerprint density at radius 2 is 1.97 bits per heavy atom. The second-order valence-corrected chi connectivity index (χ2v) is 11.1. The lowest BCUT2D eigenvalue weighted by Gasteiger charge is -2.35. The summed E-state index contributed by atoms with van der Waals surface area (Å²) in [5, 5.41) is 5.49. The predicted octanol–water partition coefficient (Wildman–Crippen LogP) is 1.46. The van der Waals surface area contributed by atoms with Crippen molar-refractivity contribution in [3.8, 4) is 0 Å². The van der Waals surface area contributed by atoms with Crippen molar-refractivity contribution in [3.05, 3.63) is 29.3 Å². The molecule has 3 aliphatic heterocycles. The fourth-order valence-corrected chi connectivity index (χ4v) is 5.00. The maximum absolute atomic E-state index is 13.2. The molecule has 0 aromatic heterocycles. The van der Waals surface area contributed by atoms with Crippen LogP contribution in [0.5, 0.6) is 0 Å². The summed E-state index contributed by atoms with van der Waals surface area (Å²) in [4.78, 5) is 67.1. The van der Waals surface area contributed by atoms with Crippen molar-refractivity contribution in [2.45, 2.75) is 57.8 Å². The minimum Gasteiger partial charge on any atom is -0.444 e. The van der Waals surface area contributed by atoms with E-state index in [1.165, 1.54) is 4.90 Å². The van der Waals surface area contributed by atoms with E-state index < -0.39 is 35.3 Å².